The zero-order valence-corrected chi connectivity index (χ0v) is 13.2. The molecule has 2 atom stereocenters. The molecule has 0 spiro atoms. The summed E-state index contributed by atoms with van der Waals surface area (Å²) in [6, 6.07) is 10.1. The second kappa shape index (κ2) is 7.77. The van der Waals surface area contributed by atoms with Gasteiger partial charge in [0.2, 0.25) is 0 Å². The molecule has 0 aliphatic rings. The average Bonchev–Trinajstić information content (AvgIpc) is 2.93. The van der Waals surface area contributed by atoms with Gasteiger partial charge in [-0.25, -0.2) is 4.68 Å². The molecular weight excluding hydrogens is 274 g/mol. The quantitative estimate of drug-likeness (QED) is 0.799. The summed E-state index contributed by atoms with van der Waals surface area (Å²) in [6.45, 7) is 4.24. The summed E-state index contributed by atoms with van der Waals surface area (Å²) in [7, 11) is 0. The van der Waals surface area contributed by atoms with E-state index in [9.17, 15) is 5.11 Å². The van der Waals surface area contributed by atoms with Crippen LogP contribution >= 0.6 is 0 Å². The summed E-state index contributed by atoms with van der Waals surface area (Å²) < 4.78 is 1.83. The van der Waals surface area contributed by atoms with E-state index >= 15 is 0 Å². The van der Waals surface area contributed by atoms with Crippen LogP contribution in [0.2, 0.25) is 0 Å². The summed E-state index contributed by atoms with van der Waals surface area (Å²) in [5, 5.41) is 18.6. The minimum atomic E-state index is -0.460. The minimum Gasteiger partial charge on any atom is -0.392 e. The molecule has 0 aliphatic carbocycles. The van der Waals surface area contributed by atoms with E-state index in [4.69, 9.17) is 6.42 Å². The van der Waals surface area contributed by atoms with Crippen LogP contribution in [0.5, 0.6) is 0 Å². The number of aliphatic hydroxyl groups excluding tert-OH is 1. The summed E-state index contributed by atoms with van der Waals surface area (Å²) in [5.74, 6) is 3.08. The van der Waals surface area contributed by atoms with Crippen LogP contribution < -0.4 is 0 Å². The first-order valence-corrected chi connectivity index (χ1v) is 7.66. The van der Waals surface area contributed by atoms with Gasteiger partial charge in [-0.05, 0) is 17.9 Å². The fourth-order valence-electron chi connectivity index (χ4n) is 2.52. The Labute approximate surface area is 132 Å². The highest BCUT2D eigenvalue weighted by Crippen LogP contribution is 2.20. The van der Waals surface area contributed by atoms with Crippen molar-refractivity contribution in [1.82, 2.24) is 15.0 Å². The number of terminal acetylenes is 1. The van der Waals surface area contributed by atoms with Crippen LogP contribution in [0.4, 0.5) is 0 Å². The van der Waals surface area contributed by atoms with Crippen LogP contribution in [0.1, 0.15) is 37.6 Å². The third kappa shape index (κ3) is 4.44. The predicted molar refractivity (Wildman–Crippen MR) is 87.2 cm³/mol. The van der Waals surface area contributed by atoms with Gasteiger partial charge < -0.3 is 5.11 Å². The molecule has 0 saturated carbocycles. The fraction of sp³-hybridized carbons (Fsp3) is 0.444. The van der Waals surface area contributed by atoms with Crippen molar-refractivity contribution >= 4 is 0 Å². The van der Waals surface area contributed by atoms with Gasteiger partial charge in [-0.1, -0.05) is 49.4 Å². The topological polar surface area (TPSA) is 50.9 Å². The molecule has 22 heavy (non-hydrogen) atoms. The number of rotatable bonds is 7. The standard InChI is InChI=1S/C18H23N3O/c1-4-8-18(14(2)3)21-13-16(19-20-21)12-17(22)11-15-9-6-5-7-10-15/h1,5-7,9-10,13-14,17-18,22H,8,11-12H2,2-3H3/t17-,18-/m1/s1. The number of aliphatic hydroxyl groups is 1. The van der Waals surface area contributed by atoms with Gasteiger partial charge in [0.05, 0.1) is 17.8 Å². The number of benzene rings is 1. The largest absolute Gasteiger partial charge is 0.392 e. The number of hydrogen-bond donors (Lipinski definition) is 1. The lowest BCUT2D eigenvalue weighted by atomic mass is 10.0. The first kappa shape index (κ1) is 16.3. The molecular formula is C18H23N3O. The van der Waals surface area contributed by atoms with Crippen molar-refractivity contribution in [3.8, 4) is 12.3 Å². The highest BCUT2D eigenvalue weighted by Gasteiger charge is 2.17. The smallest absolute Gasteiger partial charge is 0.0853 e. The lowest BCUT2D eigenvalue weighted by Gasteiger charge is -2.17. The maximum atomic E-state index is 10.2. The molecule has 2 rings (SSSR count). The Morgan fingerprint density at radius 1 is 1.23 bits per heavy atom. The Bertz CT molecular complexity index is 613. The molecule has 1 heterocycles. The molecule has 1 aromatic heterocycles. The molecule has 0 unspecified atom stereocenters. The van der Waals surface area contributed by atoms with Crippen molar-refractivity contribution in [3.63, 3.8) is 0 Å². The minimum absolute atomic E-state index is 0.150. The van der Waals surface area contributed by atoms with Gasteiger partial charge in [0.15, 0.2) is 0 Å². The van der Waals surface area contributed by atoms with Gasteiger partial charge >= 0.3 is 0 Å². The molecule has 2 aromatic rings. The van der Waals surface area contributed by atoms with Crippen molar-refractivity contribution in [1.29, 1.82) is 0 Å². The molecule has 0 amide bonds. The van der Waals surface area contributed by atoms with Crippen LogP contribution in [0.3, 0.4) is 0 Å². The van der Waals surface area contributed by atoms with Crippen LogP contribution in [0, 0.1) is 18.3 Å². The highest BCUT2D eigenvalue weighted by molar-refractivity contribution is 5.16. The summed E-state index contributed by atoms with van der Waals surface area (Å²) >= 11 is 0. The van der Waals surface area contributed by atoms with Gasteiger partial charge in [0.1, 0.15) is 0 Å². The van der Waals surface area contributed by atoms with Gasteiger partial charge in [0.25, 0.3) is 0 Å². The van der Waals surface area contributed by atoms with Crippen molar-refractivity contribution in [2.75, 3.05) is 0 Å². The fourth-order valence-corrected chi connectivity index (χ4v) is 2.52. The SMILES string of the molecule is C#CC[C@H](C(C)C)n1cc(C[C@H](O)Cc2ccccc2)nn1. The van der Waals surface area contributed by atoms with E-state index < -0.39 is 6.10 Å². The summed E-state index contributed by atoms with van der Waals surface area (Å²) in [4.78, 5) is 0. The first-order valence-electron chi connectivity index (χ1n) is 7.66. The van der Waals surface area contributed by atoms with Crippen molar-refractivity contribution in [2.45, 2.75) is 45.3 Å². The summed E-state index contributed by atoms with van der Waals surface area (Å²) in [5.41, 5.74) is 1.92. The van der Waals surface area contributed by atoms with Gasteiger partial charge in [0, 0.05) is 19.0 Å². The molecule has 0 aliphatic heterocycles. The van der Waals surface area contributed by atoms with E-state index in [1.165, 1.54) is 0 Å². The van der Waals surface area contributed by atoms with Crippen LogP contribution in [-0.4, -0.2) is 26.2 Å². The summed E-state index contributed by atoms with van der Waals surface area (Å²) in [6.07, 6.45) is 8.61. The Hall–Kier alpha value is -2.12. The molecule has 1 N–H and O–H groups in total. The highest BCUT2D eigenvalue weighted by atomic mass is 16.3. The van der Waals surface area contributed by atoms with E-state index in [1.807, 2.05) is 41.2 Å². The van der Waals surface area contributed by atoms with E-state index in [1.54, 1.807) is 0 Å². The van der Waals surface area contributed by atoms with E-state index in [2.05, 4.69) is 30.1 Å². The average molecular weight is 297 g/mol. The Kier molecular flexibility index (Phi) is 5.74. The monoisotopic (exact) mass is 297 g/mol. The van der Waals surface area contributed by atoms with Gasteiger partial charge in [-0.3, -0.25) is 0 Å². The van der Waals surface area contributed by atoms with E-state index in [-0.39, 0.29) is 6.04 Å². The number of nitrogens with zero attached hydrogens (tertiary/aromatic N) is 3. The lowest BCUT2D eigenvalue weighted by molar-refractivity contribution is 0.174. The third-order valence-corrected chi connectivity index (χ3v) is 3.75. The normalized spacial score (nSPS) is 13.8. The Morgan fingerprint density at radius 3 is 2.59 bits per heavy atom. The molecule has 0 saturated heterocycles. The number of hydrogen-bond acceptors (Lipinski definition) is 3. The second-order valence-electron chi connectivity index (χ2n) is 5.96. The first-order chi connectivity index (χ1) is 10.6. The van der Waals surface area contributed by atoms with Crippen LogP contribution in [-0.2, 0) is 12.8 Å². The van der Waals surface area contributed by atoms with Crippen molar-refractivity contribution in [3.05, 3.63) is 47.8 Å². The zero-order chi connectivity index (χ0) is 15.9. The Balaban J connectivity index is 1.98. The van der Waals surface area contributed by atoms with E-state index in [0.29, 0.717) is 25.2 Å². The molecule has 4 heteroatoms. The maximum absolute atomic E-state index is 10.2. The molecule has 1 aromatic carbocycles. The van der Waals surface area contributed by atoms with Crippen LogP contribution in [0.25, 0.3) is 0 Å². The molecule has 0 fully saturated rings. The van der Waals surface area contributed by atoms with Crippen LogP contribution in [0.15, 0.2) is 36.5 Å². The molecule has 4 nitrogen and oxygen atoms in total. The van der Waals surface area contributed by atoms with Crippen molar-refractivity contribution < 1.29 is 5.11 Å². The third-order valence-electron chi connectivity index (χ3n) is 3.75. The molecule has 116 valence electrons. The second-order valence-corrected chi connectivity index (χ2v) is 5.96. The maximum Gasteiger partial charge on any atom is 0.0853 e. The van der Waals surface area contributed by atoms with Gasteiger partial charge in [-0.15, -0.1) is 17.4 Å². The molecule has 0 bridgehead atoms. The molecule has 0 radical (unpaired) electrons. The number of aromatic nitrogens is 3. The van der Waals surface area contributed by atoms with Crippen molar-refractivity contribution in [2.24, 2.45) is 5.92 Å². The predicted octanol–water partition coefficient (Wildman–Crippen LogP) is 2.64. The Morgan fingerprint density at radius 2 is 1.95 bits per heavy atom. The lowest BCUT2D eigenvalue weighted by Crippen LogP contribution is -2.16. The zero-order valence-electron chi connectivity index (χ0n) is 13.2. The van der Waals surface area contributed by atoms with Gasteiger partial charge in [-0.2, -0.15) is 0 Å². The van der Waals surface area contributed by atoms with E-state index in [0.717, 1.165) is 11.3 Å².